The maximum Gasteiger partial charge on any atom is 0.410 e. The van der Waals surface area contributed by atoms with E-state index in [1.54, 1.807) is 23.4 Å². The highest BCUT2D eigenvalue weighted by atomic mass is 16.6. The molecule has 8 heteroatoms. The molecule has 148 valence electrons. The monoisotopic (exact) mass is 384 g/mol. The van der Waals surface area contributed by atoms with E-state index in [0.29, 0.717) is 36.5 Å². The molecule has 1 unspecified atom stereocenters. The molecular formula is C20H24N4O4. The number of hydrogen-bond donors (Lipinski definition) is 0. The van der Waals surface area contributed by atoms with Gasteiger partial charge in [0.15, 0.2) is 11.6 Å². The maximum absolute atomic E-state index is 12.1. The largest absolute Gasteiger partial charge is 0.451 e. The van der Waals surface area contributed by atoms with Crippen molar-refractivity contribution in [1.82, 2.24) is 20.0 Å². The Hall–Kier alpha value is -2.90. The number of amides is 1. The fourth-order valence-corrected chi connectivity index (χ4v) is 3.33. The molecule has 1 amide bonds. The minimum atomic E-state index is -0.214. The summed E-state index contributed by atoms with van der Waals surface area (Å²) < 4.78 is 16.5. The molecule has 0 saturated carbocycles. The summed E-state index contributed by atoms with van der Waals surface area (Å²) in [6.45, 7) is 5.31. The highest BCUT2D eigenvalue weighted by Gasteiger charge is 2.26. The normalized spacial score (nSPS) is 16.4. The van der Waals surface area contributed by atoms with Crippen LogP contribution in [0.25, 0.3) is 22.6 Å². The van der Waals surface area contributed by atoms with Gasteiger partial charge in [0.25, 0.3) is 5.89 Å². The number of furan rings is 1. The summed E-state index contributed by atoms with van der Waals surface area (Å²) in [5.41, 5.74) is 0.737. The number of ether oxygens (including phenoxy) is 1. The number of pyridine rings is 1. The summed E-state index contributed by atoms with van der Waals surface area (Å²) in [6.07, 6.45) is 6.50. The molecule has 3 aromatic heterocycles. The summed E-state index contributed by atoms with van der Waals surface area (Å²) in [5.74, 6) is 2.00. The van der Waals surface area contributed by atoms with Gasteiger partial charge in [-0.15, -0.1) is 0 Å². The Labute approximate surface area is 162 Å². The van der Waals surface area contributed by atoms with Crippen LogP contribution in [0.2, 0.25) is 0 Å². The van der Waals surface area contributed by atoms with E-state index in [1.165, 1.54) is 0 Å². The Balaban J connectivity index is 1.33. The van der Waals surface area contributed by atoms with Gasteiger partial charge in [0, 0.05) is 37.3 Å². The van der Waals surface area contributed by atoms with Crippen molar-refractivity contribution < 1.29 is 18.5 Å². The van der Waals surface area contributed by atoms with Crippen LogP contribution < -0.4 is 0 Å². The molecule has 28 heavy (non-hydrogen) atoms. The van der Waals surface area contributed by atoms with Crippen molar-refractivity contribution in [2.75, 3.05) is 13.1 Å². The van der Waals surface area contributed by atoms with E-state index < -0.39 is 0 Å². The van der Waals surface area contributed by atoms with Crippen LogP contribution in [0, 0.1) is 5.92 Å². The summed E-state index contributed by atoms with van der Waals surface area (Å²) in [5, 5.41) is 4.99. The van der Waals surface area contributed by atoms with Crippen molar-refractivity contribution in [3.8, 4) is 11.7 Å². The third-order valence-corrected chi connectivity index (χ3v) is 5.22. The van der Waals surface area contributed by atoms with Crippen LogP contribution in [0.1, 0.15) is 38.9 Å². The van der Waals surface area contributed by atoms with Gasteiger partial charge < -0.3 is 18.6 Å². The summed E-state index contributed by atoms with van der Waals surface area (Å²) in [6, 6.07) is 3.65. The Kier molecular flexibility index (Phi) is 5.27. The van der Waals surface area contributed by atoms with E-state index in [2.05, 4.69) is 15.1 Å². The zero-order valence-electron chi connectivity index (χ0n) is 16.1. The number of piperidine rings is 1. The van der Waals surface area contributed by atoms with Crippen LogP contribution in [0.4, 0.5) is 4.79 Å². The Morgan fingerprint density at radius 3 is 2.96 bits per heavy atom. The lowest BCUT2D eigenvalue weighted by Crippen LogP contribution is -2.40. The maximum atomic E-state index is 12.1. The molecule has 1 fully saturated rings. The van der Waals surface area contributed by atoms with E-state index in [1.807, 2.05) is 19.9 Å². The van der Waals surface area contributed by atoms with Crippen molar-refractivity contribution in [2.45, 2.75) is 45.6 Å². The molecule has 0 N–H and O–H groups in total. The van der Waals surface area contributed by atoms with Crippen molar-refractivity contribution >= 4 is 17.1 Å². The number of rotatable bonds is 5. The van der Waals surface area contributed by atoms with Gasteiger partial charge in [-0.25, -0.2) is 4.79 Å². The van der Waals surface area contributed by atoms with Crippen molar-refractivity contribution in [3.05, 3.63) is 30.4 Å². The molecule has 4 rings (SSSR count). The van der Waals surface area contributed by atoms with Gasteiger partial charge in [-0.3, -0.25) is 4.98 Å². The number of carbonyl (C=O) groups excluding carboxylic acids is 1. The zero-order chi connectivity index (χ0) is 19.5. The molecule has 3 aromatic rings. The average molecular weight is 384 g/mol. The molecule has 1 saturated heterocycles. The number of fused-ring (bicyclic) bond motifs is 1. The summed E-state index contributed by atoms with van der Waals surface area (Å²) in [4.78, 5) is 22.5. The van der Waals surface area contributed by atoms with Crippen LogP contribution in [-0.4, -0.2) is 45.3 Å². The second-order valence-corrected chi connectivity index (χ2v) is 7.28. The summed E-state index contributed by atoms with van der Waals surface area (Å²) >= 11 is 0. The lowest BCUT2D eigenvalue weighted by molar-refractivity contribution is 0.0579. The number of carbonyl (C=O) groups is 1. The smallest absolute Gasteiger partial charge is 0.410 e. The third kappa shape index (κ3) is 4.00. The molecule has 0 bridgehead atoms. The SMILES string of the molecule is CCC(C)OC(=O)N1CCC(Cc2noc(-c3cc4cnccc4o3)n2)CC1. The molecule has 4 heterocycles. The van der Waals surface area contributed by atoms with Crippen LogP contribution in [0.15, 0.2) is 33.5 Å². The molecule has 1 aliphatic rings. The predicted octanol–water partition coefficient (Wildman–Crippen LogP) is 4.07. The summed E-state index contributed by atoms with van der Waals surface area (Å²) in [7, 11) is 0. The van der Waals surface area contributed by atoms with Crippen LogP contribution in [0.3, 0.4) is 0 Å². The highest BCUT2D eigenvalue weighted by molar-refractivity contribution is 5.80. The standard InChI is InChI=1S/C20H24N4O4/c1-3-13(2)26-20(25)24-8-5-14(6-9-24)10-18-22-19(28-23-18)17-11-15-12-21-7-4-16(15)27-17/h4,7,11-14H,3,5-6,8-10H2,1-2H3. The van der Waals surface area contributed by atoms with E-state index in [0.717, 1.165) is 36.7 Å². The van der Waals surface area contributed by atoms with Gasteiger partial charge in [-0.1, -0.05) is 12.1 Å². The van der Waals surface area contributed by atoms with Gasteiger partial charge >= 0.3 is 6.09 Å². The number of aromatic nitrogens is 3. The lowest BCUT2D eigenvalue weighted by Gasteiger charge is -2.31. The van der Waals surface area contributed by atoms with Crippen LogP contribution in [-0.2, 0) is 11.2 Å². The fourth-order valence-electron chi connectivity index (χ4n) is 3.33. The highest BCUT2D eigenvalue weighted by Crippen LogP contribution is 2.27. The first-order valence-electron chi connectivity index (χ1n) is 9.74. The number of nitrogens with zero attached hydrogens (tertiary/aromatic N) is 4. The second-order valence-electron chi connectivity index (χ2n) is 7.28. The minimum Gasteiger partial charge on any atom is -0.451 e. The first-order chi connectivity index (χ1) is 13.6. The molecule has 8 nitrogen and oxygen atoms in total. The van der Waals surface area contributed by atoms with Gasteiger partial charge in [0.05, 0.1) is 0 Å². The molecule has 1 atom stereocenters. The quantitative estimate of drug-likeness (QED) is 0.654. The van der Waals surface area contributed by atoms with Gasteiger partial charge in [-0.05, 0) is 44.2 Å². The van der Waals surface area contributed by atoms with E-state index >= 15 is 0 Å². The van der Waals surface area contributed by atoms with Gasteiger partial charge in [0.1, 0.15) is 11.7 Å². The van der Waals surface area contributed by atoms with Crippen molar-refractivity contribution in [3.63, 3.8) is 0 Å². The number of likely N-dealkylation sites (tertiary alicyclic amines) is 1. The van der Waals surface area contributed by atoms with Crippen molar-refractivity contribution in [1.29, 1.82) is 0 Å². The van der Waals surface area contributed by atoms with E-state index in [9.17, 15) is 4.79 Å². The molecule has 0 aliphatic carbocycles. The topological polar surface area (TPSA) is 94.5 Å². The Morgan fingerprint density at radius 2 is 2.21 bits per heavy atom. The second kappa shape index (κ2) is 8.00. The molecule has 0 spiro atoms. The molecule has 1 aliphatic heterocycles. The Morgan fingerprint density at radius 1 is 1.39 bits per heavy atom. The minimum absolute atomic E-state index is 0.0444. The van der Waals surface area contributed by atoms with Crippen LogP contribution >= 0.6 is 0 Å². The molecule has 0 radical (unpaired) electrons. The molecular weight excluding hydrogens is 360 g/mol. The van der Waals surface area contributed by atoms with Crippen LogP contribution in [0.5, 0.6) is 0 Å². The van der Waals surface area contributed by atoms with Gasteiger partial charge in [-0.2, -0.15) is 4.98 Å². The number of hydrogen-bond acceptors (Lipinski definition) is 7. The first-order valence-corrected chi connectivity index (χ1v) is 9.74. The van der Waals surface area contributed by atoms with E-state index in [4.69, 9.17) is 13.7 Å². The van der Waals surface area contributed by atoms with E-state index in [-0.39, 0.29) is 12.2 Å². The van der Waals surface area contributed by atoms with Crippen molar-refractivity contribution in [2.24, 2.45) is 5.92 Å². The first kappa shape index (κ1) is 18.5. The zero-order valence-corrected chi connectivity index (χ0v) is 16.1. The third-order valence-electron chi connectivity index (χ3n) is 5.22. The fraction of sp³-hybridized carbons (Fsp3) is 0.500. The van der Waals surface area contributed by atoms with Gasteiger partial charge in [0.2, 0.25) is 0 Å². The lowest BCUT2D eigenvalue weighted by atomic mass is 9.93. The predicted molar refractivity (Wildman–Crippen MR) is 102 cm³/mol. The average Bonchev–Trinajstić information content (AvgIpc) is 3.35. The molecule has 0 aromatic carbocycles. The Bertz CT molecular complexity index is 909.